The van der Waals surface area contributed by atoms with Gasteiger partial charge >= 0.3 is 0 Å². The minimum atomic E-state index is 0.833. The lowest BCUT2D eigenvalue weighted by atomic mass is 9.74. The summed E-state index contributed by atoms with van der Waals surface area (Å²) in [6.45, 7) is 2.10. The van der Waals surface area contributed by atoms with Crippen LogP contribution in [0.25, 0.3) is 0 Å². The Hall–Kier alpha value is -0.0800. The molecule has 124 valence electrons. The first-order chi connectivity index (χ1) is 10.4. The van der Waals surface area contributed by atoms with Crippen molar-refractivity contribution >= 4 is 0 Å². The highest BCUT2D eigenvalue weighted by Crippen LogP contribution is 2.35. The van der Waals surface area contributed by atoms with Crippen LogP contribution in [0.15, 0.2) is 0 Å². The second kappa shape index (κ2) is 10.6. The van der Waals surface area contributed by atoms with Crippen LogP contribution >= 0.6 is 0 Å². The summed E-state index contributed by atoms with van der Waals surface area (Å²) in [6.07, 6.45) is 20.0. The van der Waals surface area contributed by atoms with E-state index in [0.29, 0.717) is 0 Å². The van der Waals surface area contributed by atoms with Gasteiger partial charge in [0.1, 0.15) is 0 Å². The normalized spacial score (nSPS) is 22.0. The van der Waals surface area contributed by atoms with E-state index in [1.807, 2.05) is 0 Å². The SMILES string of the molecule is NCCCCCCNC(C1CCCCC1)C1CCCCC1. The van der Waals surface area contributed by atoms with Crippen molar-refractivity contribution in [1.29, 1.82) is 0 Å². The predicted molar refractivity (Wildman–Crippen MR) is 92.5 cm³/mol. The molecule has 2 saturated carbocycles. The molecule has 21 heavy (non-hydrogen) atoms. The lowest BCUT2D eigenvalue weighted by Crippen LogP contribution is -2.44. The molecular formula is C19H38N2. The van der Waals surface area contributed by atoms with Crippen molar-refractivity contribution in [2.45, 2.75) is 95.9 Å². The first kappa shape index (κ1) is 17.3. The highest BCUT2D eigenvalue weighted by molar-refractivity contribution is 4.86. The average molecular weight is 295 g/mol. The van der Waals surface area contributed by atoms with E-state index in [-0.39, 0.29) is 0 Å². The molecular weight excluding hydrogens is 256 g/mol. The molecule has 0 unspecified atom stereocenters. The standard InChI is InChI=1S/C19H38N2/c20-15-9-1-2-10-16-21-19(17-11-5-3-6-12-17)18-13-7-4-8-14-18/h17-19,21H,1-16,20H2. The summed E-state index contributed by atoms with van der Waals surface area (Å²) in [6, 6.07) is 0.833. The van der Waals surface area contributed by atoms with Gasteiger partial charge < -0.3 is 11.1 Å². The number of unbranched alkanes of at least 4 members (excludes halogenated alkanes) is 3. The van der Waals surface area contributed by atoms with Gasteiger partial charge in [-0.2, -0.15) is 0 Å². The molecule has 2 heteroatoms. The van der Waals surface area contributed by atoms with Crippen molar-refractivity contribution in [2.75, 3.05) is 13.1 Å². The number of hydrogen-bond acceptors (Lipinski definition) is 2. The summed E-state index contributed by atoms with van der Waals surface area (Å²) < 4.78 is 0. The summed E-state index contributed by atoms with van der Waals surface area (Å²) in [5, 5.41) is 4.00. The predicted octanol–water partition coefficient (Wildman–Crippen LogP) is 4.62. The highest BCUT2D eigenvalue weighted by Gasteiger charge is 2.30. The van der Waals surface area contributed by atoms with Crippen LogP contribution in [-0.2, 0) is 0 Å². The fourth-order valence-electron chi connectivity index (χ4n) is 4.60. The molecule has 0 aromatic carbocycles. The molecule has 0 aromatic heterocycles. The zero-order valence-electron chi connectivity index (χ0n) is 14.1. The molecule has 2 nitrogen and oxygen atoms in total. The van der Waals surface area contributed by atoms with Gasteiger partial charge in [0, 0.05) is 6.04 Å². The van der Waals surface area contributed by atoms with Gasteiger partial charge in [-0.1, -0.05) is 51.4 Å². The van der Waals surface area contributed by atoms with E-state index in [1.165, 1.54) is 96.4 Å². The monoisotopic (exact) mass is 294 g/mol. The quantitative estimate of drug-likeness (QED) is 0.609. The Balaban J connectivity index is 1.74. The third-order valence-electron chi connectivity index (χ3n) is 5.83. The molecule has 2 rings (SSSR count). The van der Waals surface area contributed by atoms with Crippen LogP contribution in [-0.4, -0.2) is 19.1 Å². The Labute approximate surface area is 132 Å². The average Bonchev–Trinajstić information content (AvgIpc) is 2.56. The zero-order chi connectivity index (χ0) is 14.8. The van der Waals surface area contributed by atoms with E-state index in [9.17, 15) is 0 Å². The van der Waals surface area contributed by atoms with Gasteiger partial charge in [0.2, 0.25) is 0 Å². The van der Waals surface area contributed by atoms with E-state index >= 15 is 0 Å². The Morgan fingerprint density at radius 1 is 0.714 bits per heavy atom. The molecule has 2 aliphatic rings. The maximum absolute atomic E-state index is 5.57. The van der Waals surface area contributed by atoms with E-state index in [2.05, 4.69) is 5.32 Å². The molecule has 0 bridgehead atoms. The van der Waals surface area contributed by atoms with Crippen molar-refractivity contribution in [2.24, 2.45) is 17.6 Å². The molecule has 0 atom stereocenters. The second-order valence-corrected chi connectivity index (χ2v) is 7.48. The first-order valence-electron chi connectivity index (χ1n) is 9.85. The zero-order valence-corrected chi connectivity index (χ0v) is 14.1. The summed E-state index contributed by atoms with van der Waals surface area (Å²) in [7, 11) is 0. The van der Waals surface area contributed by atoms with E-state index in [4.69, 9.17) is 5.73 Å². The first-order valence-corrected chi connectivity index (χ1v) is 9.85. The largest absolute Gasteiger partial charge is 0.330 e. The fraction of sp³-hybridized carbons (Fsp3) is 1.00. The molecule has 0 saturated heterocycles. The van der Waals surface area contributed by atoms with E-state index in [1.54, 1.807) is 0 Å². The van der Waals surface area contributed by atoms with Crippen molar-refractivity contribution in [3.05, 3.63) is 0 Å². The molecule has 0 aliphatic heterocycles. The van der Waals surface area contributed by atoms with Crippen LogP contribution in [0.5, 0.6) is 0 Å². The van der Waals surface area contributed by atoms with Crippen LogP contribution in [0.4, 0.5) is 0 Å². The van der Waals surface area contributed by atoms with Crippen molar-refractivity contribution < 1.29 is 0 Å². The van der Waals surface area contributed by atoms with Crippen LogP contribution < -0.4 is 11.1 Å². The Morgan fingerprint density at radius 2 is 1.24 bits per heavy atom. The molecule has 3 N–H and O–H groups in total. The maximum Gasteiger partial charge on any atom is 0.0124 e. The third kappa shape index (κ3) is 6.28. The van der Waals surface area contributed by atoms with E-state index < -0.39 is 0 Å². The minimum absolute atomic E-state index is 0.833. The van der Waals surface area contributed by atoms with Crippen LogP contribution in [0.2, 0.25) is 0 Å². The molecule has 0 heterocycles. The van der Waals surface area contributed by atoms with Crippen LogP contribution in [0.3, 0.4) is 0 Å². The third-order valence-corrected chi connectivity index (χ3v) is 5.83. The van der Waals surface area contributed by atoms with Gasteiger partial charge in [-0.3, -0.25) is 0 Å². The summed E-state index contributed by atoms with van der Waals surface area (Å²) in [5.41, 5.74) is 5.57. The summed E-state index contributed by atoms with van der Waals surface area (Å²) >= 11 is 0. The van der Waals surface area contributed by atoms with Crippen LogP contribution in [0.1, 0.15) is 89.9 Å². The molecule has 2 fully saturated rings. The van der Waals surface area contributed by atoms with Gasteiger partial charge in [-0.15, -0.1) is 0 Å². The lowest BCUT2D eigenvalue weighted by Gasteiger charge is -2.38. The number of rotatable bonds is 9. The number of nitrogens with two attached hydrogens (primary N) is 1. The van der Waals surface area contributed by atoms with Gasteiger partial charge in [-0.25, -0.2) is 0 Å². The summed E-state index contributed by atoms with van der Waals surface area (Å²) in [4.78, 5) is 0. The lowest BCUT2D eigenvalue weighted by molar-refractivity contribution is 0.172. The van der Waals surface area contributed by atoms with Gasteiger partial charge in [0.25, 0.3) is 0 Å². The number of nitrogens with one attached hydrogen (secondary N) is 1. The molecule has 2 aliphatic carbocycles. The van der Waals surface area contributed by atoms with Gasteiger partial charge in [0.05, 0.1) is 0 Å². The molecule has 0 spiro atoms. The Bertz CT molecular complexity index is 224. The topological polar surface area (TPSA) is 38.0 Å². The van der Waals surface area contributed by atoms with Crippen molar-refractivity contribution in [3.8, 4) is 0 Å². The smallest absolute Gasteiger partial charge is 0.0124 e. The van der Waals surface area contributed by atoms with Gasteiger partial charge in [-0.05, 0) is 63.5 Å². The van der Waals surface area contributed by atoms with Crippen LogP contribution in [0, 0.1) is 11.8 Å². The van der Waals surface area contributed by atoms with E-state index in [0.717, 1.165) is 24.4 Å². The second-order valence-electron chi connectivity index (χ2n) is 7.48. The Morgan fingerprint density at radius 3 is 1.76 bits per heavy atom. The molecule has 0 radical (unpaired) electrons. The maximum atomic E-state index is 5.57. The summed E-state index contributed by atoms with van der Waals surface area (Å²) in [5.74, 6) is 1.96. The number of hydrogen-bond donors (Lipinski definition) is 2. The fourth-order valence-corrected chi connectivity index (χ4v) is 4.60. The van der Waals surface area contributed by atoms with Crippen molar-refractivity contribution in [3.63, 3.8) is 0 Å². The minimum Gasteiger partial charge on any atom is -0.330 e. The highest BCUT2D eigenvalue weighted by atomic mass is 14.9. The molecule has 0 amide bonds. The van der Waals surface area contributed by atoms with Crippen molar-refractivity contribution in [1.82, 2.24) is 5.32 Å². The Kier molecular flexibility index (Phi) is 8.73. The molecule has 0 aromatic rings. The van der Waals surface area contributed by atoms with Gasteiger partial charge in [0.15, 0.2) is 0 Å².